The molecule has 0 spiro atoms. The Bertz CT molecular complexity index is 4020. The topological polar surface area (TPSA) is 148 Å². The van der Waals surface area contributed by atoms with Crippen molar-refractivity contribution in [1.82, 2.24) is 14.7 Å². The fourth-order valence-corrected chi connectivity index (χ4v) is 15.0. The molecule has 3 saturated heterocycles. The molecule has 0 aliphatic carbocycles. The predicted molar refractivity (Wildman–Crippen MR) is 406 cm³/mol. The summed E-state index contributed by atoms with van der Waals surface area (Å²) in [5, 5.41) is 55.9. The van der Waals surface area contributed by atoms with Gasteiger partial charge in [-0.15, -0.1) is 0 Å². The van der Waals surface area contributed by atoms with E-state index in [9.17, 15) is 38.7 Å². The molecular weight excluding hydrogens is 1340 g/mol. The molecule has 12 rings (SSSR count). The lowest BCUT2D eigenvalue weighted by molar-refractivity contribution is 0.159. The summed E-state index contributed by atoms with van der Waals surface area (Å²) in [6, 6.07) is 64.2. The van der Waals surface area contributed by atoms with Crippen molar-refractivity contribution in [2.75, 3.05) is 57.2 Å². The van der Waals surface area contributed by atoms with Crippen molar-refractivity contribution in [1.29, 1.82) is 0 Å². The summed E-state index contributed by atoms with van der Waals surface area (Å²) >= 11 is 17.6. The van der Waals surface area contributed by atoms with E-state index in [1.165, 1.54) is 36.4 Å². The molecule has 3 aliphatic rings. The van der Waals surface area contributed by atoms with E-state index in [0.29, 0.717) is 51.4 Å². The summed E-state index contributed by atoms with van der Waals surface area (Å²) in [5.74, 6) is 1.45. The van der Waals surface area contributed by atoms with Gasteiger partial charge in [0.2, 0.25) is 0 Å². The van der Waals surface area contributed by atoms with E-state index in [4.69, 9.17) is 50.9 Å². The summed E-state index contributed by atoms with van der Waals surface area (Å²) < 4.78 is 55.4. The first-order valence-corrected chi connectivity index (χ1v) is 35.1. The van der Waals surface area contributed by atoms with Crippen LogP contribution in [0.2, 0.25) is 0 Å². The van der Waals surface area contributed by atoms with Gasteiger partial charge in [-0.25, -0.2) is 13.2 Å². The number of halogens is 3. The average Bonchev–Trinajstić information content (AvgIpc) is 1.63. The molecule has 5 N–H and O–H groups in total. The number of unbranched alkanes of at least 4 members (excludes halogenated alkanes) is 1. The summed E-state index contributed by atoms with van der Waals surface area (Å²) in [7, 11) is 10.7. The molecule has 0 bridgehead atoms. The molecule has 3 aliphatic heterocycles. The molecule has 101 heavy (non-hydrogen) atoms. The molecule has 0 saturated carbocycles. The van der Waals surface area contributed by atoms with Gasteiger partial charge in [-0.05, 0) is 220 Å². The Hall–Kier alpha value is -9.44. The third-order valence-electron chi connectivity index (χ3n) is 19.3. The van der Waals surface area contributed by atoms with Gasteiger partial charge in [0, 0.05) is 73.1 Å². The van der Waals surface area contributed by atoms with Crippen molar-refractivity contribution in [3.8, 4) is 34.5 Å². The Balaban J connectivity index is 0.000000163. The van der Waals surface area contributed by atoms with E-state index in [1.807, 2.05) is 161 Å². The van der Waals surface area contributed by atoms with Crippen molar-refractivity contribution in [3.05, 3.63) is 269 Å². The van der Waals surface area contributed by atoms with Crippen LogP contribution in [-0.2, 0) is 6.42 Å². The number of likely N-dealkylation sites (N-methyl/N-ethyl adjacent to an activating group) is 3. The van der Waals surface area contributed by atoms with Crippen LogP contribution in [0.25, 0.3) is 0 Å². The molecule has 528 valence electrons. The zero-order valence-corrected chi connectivity index (χ0v) is 59.9. The van der Waals surface area contributed by atoms with E-state index < -0.39 is 12.2 Å². The molecule has 3 fully saturated rings. The minimum atomic E-state index is -0.669. The minimum Gasteiger partial charge on any atom is -0.507 e. The molecule has 14 nitrogen and oxygen atoms in total. The lowest BCUT2D eigenvalue weighted by Gasteiger charge is -2.29. The maximum absolute atomic E-state index is 13.2. The Morgan fingerprint density at radius 1 is 0.376 bits per heavy atom. The van der Waals surface area contributed by atoms with Crippen molar-refractivity contribution in [2.24, 2.45) is 0 Å². The molecule has 0 aromatic heterocycles. The number of benzene rings is 9. The summed E-state index contributed by atoms with van der Waals surface area (Å²) in [5.41, 5.74) is 7.81. The first kappa shape index (κ1) is 74.3. The van der Waals surface area contributed by atoms with Crippen molar-refractivity contribution < 1.29 is 52.9 Å². The Kier molecular flexibility index (Phi) is 25.6. The largest absolute Gasteiger partial charge is 0.507 e. The number of aliphatic hydroxyl groups is 2. The van der Waals surface area contributed by atoms with Gasteiger partial charge >= 0.3 is 0 Å². The zero-order valence-electron chi connectivity index (χ0n) is 57.5. The van der Waals surface area contributed by atoms with Gasteiger partial charge in [-0.3, -0.25) is 0 Å². The van der Waals surface area contributed by atoms with Crippen LogP contribution in [0.4, 0.5) is 30.2 Å². The number of nitrogens with zero attached hydrogens (tertiary/aromatic N) is 6. The van der Waals surface area contributed by atoms with Crippen LogP contribution >= 0.6 is 36.7 Å². The lowest BCUT2D eigenvalue weighted by atomic mass is 9.92. The molecule has 0 amide bonds. The summed E-state index contributed by atoms with van der Waals surface area (Å²) in [6.07, 6.45) is 6.49. The van der Waals surface area contributed by atoms with Gasteiger partial charge in [0.15, 0.2) is 15.3 Å². The first-order chi connectivity index (χ1) is 48.8. The van der Waals surface area contributed by atoms with Gasteiger partial charge in [-0.1, -0.05) is 97.4 Å². The highest BCUT2D eigenvalue weighted by molar-refractivity contribution is 7.81. The quantitative estimate of drug-likeness (QED) is 0.0288. The smallest absolute Gasteiger partial charge is 0.176 e. The molecule has 0 radical (unpaired) electrons. The monoisotopic (exact) mass is 1420 g/mol. The summed E-state index contributed by atoms with van der Waals surface area (Å²) in [4.78, 5) is 12.6. The van der Waals surface area contributed by atoms with Crippen LogP contribution < -0.4 is 28.9 Å². The maximum atomic E-state index is 13.2. The number of phenolic OH excluding ortho intramolecular Hbond substituents is 3. The van der Waals surface area contributed by atoms with Gasteiger partial charge in [0.25, 0.3) is 0 Å². The van der Waals surface area contributed by atoms with Gasteiger partial charge in [0.1, 0.15) is 51.9 Å². The number of ether oxygens (including phenoxy) is 3. The fraction of sp³-hybridized carbons (Fsp3) is 0.296. The normalized spacial score (nSPS) is 18.6. The Morgan fingerprint density at radius 3 is 0.950 bits per heavy atom. The molecule has 1 unspecified atom stereocenters. The average molecular weight is 1430 g/mol. The summed E-state index contributed by atoms with van der Waals surface area (Å²) in [6.45, 7) is 0. The lowest BCUT2D eigenvalue weighted by Crippen LogP contribution is -2.30. The number of rotatable bonds is 24. The Morgan fingerprint density at radius 2 is 0.663 bits per heavy atom. The second-order valence-corrected chi connectivity index (χ2v) is 26.6. The highest BCUT2D eigenvalue weighted by atomic mass is 32.1. The SMILES string of the molecule is COc1ccc([C@@H]2[C@@H](CCCC(O)c3ccc(F)cc3)N(C)C(=S)N2c2ccccc2)c(O)c1.COc1ccc([C@@H]2[C@@H](CCCCc3ccc(F)cc3)N(C)C(=S)N2c2ccccc2)c(O)c1.COc1ccc([C@@H]2[C@@H](CCC[C@@H](O)c3ccc(F)cc3)N(C)C(=S)N2c2ccccc2)c(O)c1. The van der Waals surface area contributed by atoms with Gasteiger partial charge < -0.3 is 69.1 Å². The highest BCUT2D eigenvalue weighted by Gasteiger charge is 2.47. The van der Waals surface area contributed by atoms with E-state index in [0.717, 1.165) is 95.8 Å². The molecule has 3 heterocycles. The molecule has 9 aromatic carbocycles. The van der Waals surface area contributed by atoms with Crippen LogP contribution in [0.15, 0.2) is 218 Å². The van der Waals surface area contributed by atoms with E-state index >= 15 is 0 Å². The number of methoxy groups -OCH3 is 3. The van der Waals surface area contributed by atoms with Crippen molar-refractivity contribution >= 4 is 69.1 Å². The molecule has 9 aromatic rings. The van der Waals surface area contributed by atoms with Gasteiger partial charge in [-0.2, -0.15) is 0 Å². The molecule has 8 atom stereocenters. The second-order valence-electron chi connectivity index (χ2n) is 25.5. The number of para-hydroxylation sites is 3. The number of phenols is 3. The number of aliphatic hydroxyl groups excluding tert-OH is 2. The number of aryl methyl sites for hydroxylation is 1. The van der Waals surface area contributed by atoms with Crippen molar-refractivity contribution in [2.45, 2.75) is 113 Å². The van der Waals surface area contributed by atoms with Crippen LogP contribution in [0.1, 0.15) is 122 Å². The predicted octanol–water partition coefficient (Wildman–Crippen LogP) is 17.3. The van der Waals surface area contributed by atoms with E-state index in [2.05, 4.69) is 29.4 Å². The first-order valence-electron chi connectivity index (χ1n) is 33.9. The van der Waals surface area contributed by atoms with Crippen LogP contribution in [-0.4, -0.2) is 116 Å². The fourth-order valence-electron chi connectivity index (χ4n) is 13.9. The number of hydrogen-bond donors (Lipinski definition) is 5. The third kappa shape index (κ3) is 17.7. The number of anilines is 3. The van der Waals surface area contributed by atoms with E-state index in [-0.39, 0.29) is 71.0 Å². The molecular formula is C81H87F3N6O8S3. The number of thiocarbonyl (C=S) groups is 3. The van der Waals surface area contributed by atoms with Crippen LogP contribution in [0.3, 0.4) is 0 Å². The maximum Gasteiger partial charge on any atom is 0.176 e. The second kappa shape index (κ2) is 34.8. The third-order valence-corrected chi connectivity index (χ3v) is 20.8. The van der Waals surface area contributed by atoms with Gasteiger partial charge in [0.05, 0.1) is 69.8 Å². The van der Waals surface area contributed by atoms with Crippen LogP contribution in [0, 0.1) is 17.5 Å². The van der Waals surface area contributed by atoms with E-state index in [1.54, 1.807) is 63.8 Å². The highest BCUT2D eigenvalue weighted by Crippen LogP contribution is 2.48. The number of aromatic hydroxyl groups is 3. The Labute approximate surface area is 606 Å². The zero-order chi connectivity index (χ0) is 71.9. The minimum absolute atomic E-state index is 0.0209. The molecule has 20 heteroatoms. The van der Waals surface area contributed by atoms with Crippen molar-refractivity contribution in [3.63, 3.8) is 0 Å². The van der Waals surface area contributed by atoms with Crippen LogP contribution in [0.5, 0.6) is 34.5 Å². The number of hydrogen-bond acceptors (Lipinski definition) is 11. The standard InChI is InChI=1S/2C27H29FN2O3S.C27H29FN2O2S/c2*1-29-23(9-6-10-24(31)18-11-13-19(28)14-12-18)26(22-16-15-21(33-2)17-25(22)32)30(27(29)34)20-7-4-3-5-8-20;1-29-24(11-7-6-8-19-12-14-20(28)15-13-19)26(23-17-16-22(32-2)18-25(23)31)30(27(29)33)21-9-4-3-5-10-21/h2*3-5,7-8,11-17,23-24,26,31-32H,6,9-10H2,1-2H3;3-5,9-10,12-18,24,26,31H,6-8,11H2,1-2H3/t23-,24?,26-;23-,24-,26-;24-,26-/m111/s1.